The van der Waals surface area contributed by atoms with Gasteiger partial charge in [0, 0.05) is 25.3 Å². The highest BCUT2D eigenvalue weighted by molar-refractivity contribution is 9.11. The van der Waals surface area contributed by atoms with Crippen LogP contribution in [0.4, 0.5) is 5.69 Å². The van der Waals surface area contributed by atoms with Crippen LogP contribution in [-0.2, 0) is 6.54 Å². The number of nitrogens with one attached hydrogen (secondary N) is 1. The van der Waals surface area contributed by atoms with Crippen molar-refractivity contribution in [3.63, 3.8) is 0 Å². The molecule has 0 radical (unpaired) electrons. The summed E-state index contributed by atoms with van der Waals surface area (Å²) in [5, 5.41) is 3.36. The molecule has 0 saturated carbocycles. The highest BCUT2D eigenvalue weighted by Gasteiger charge is 2.23. The molecule has 2 heterocycles. The van der Waals surface area contributed by atoms with E-state index in [-0.39, 0.29) is 5.91 Å². The minimum Gasteiger partial charge on any atom is -0.311 e. The molecule has 0 aliphatic carbocycles. The first-order valence-electron chi connectivity index (χ1n) is 6.53. The van der Waals surface area contributed by atoms with E-state index in [4.69, 9.17) is 0 Å². The van der Waals surface area contributed by atoms with E-state index in [9.17, 15) is 4.79 Å². The fraction of sp³-hybridized carbons (Fsp3) is 0.267. The number of fused-ring (bicyclic) bond motifs is 1. The number of benzene rings is 1. The molecule has 1 aliphatic heterocycles. The van der Waals surface area contributed by atoms with Crippen molar-refractivity contribution >= 4 is 38.9 Å². The van der Waals surface area contributed by atoms with Gasteiger partial charge < -0.3 is 10.2 Å². The van der Waals surface area contributed by atoms with Crippen molar-refractivity contribution in [2.45, 2.75) is 13.5 Å². The molecule has 5 heteroatoms. The first kappa shape index (κ1) is 13.8. The van der Waals surface area contributed by atoms with Crippen LogP contribution in [0.5, 0.6) is 0 Å². The molecule has 0 spiro atoms. The predicted octanol–water partition coefficient (Wildman–Crippen LogP) is 3.57. The van der Waals surface area contributed by atoms with E-state index in [1.165, 1.54) is 16.9 Å². The van der Waals surface area contributed by atoms with Crippen molar-refractivity contribution in [1.82, 2.24) is 5.32 Å². The third-order valence-corrected chi connectivity index (χ3v) is 5.55. The molecule has 1 amide bonds. The van der Waals surface area contributed by atoms with Crippen molar-refractivity contribution in [2.75, 3.05) is 18.0 Å². The molecule has 1 N–H and O–H groups in total. The molecule has 2 aromatic rings. The van der Waals surface area contributed by atoms with Gasteiger partial charge in [0.1, 0.15) is 0 Å². The molecule has 0 fully saturated rings. The van der Waals surface area contributed by atoms with Crippen molar-refractivity contribution in [3.05, 3.63) is 50.1 Å². The number of anilines is 1. The van der Waals surface area contributed by atoms with Gasteiger partial charge >= 0.3 is 0 Å². The molecule has 0 saturated heterocycles. The summed E-state index contributed by atoms with van der Waals surface area (Å²) in [6.45, 7) is 4.33. The van der Waals surface area contributed by atoms with Crippen molar-refractivity contribution in [1.29, 1.82) is 0 Å². The van der Waals surface area contributed by atoms with E-state index in [1.54, 1.807) is 0 Å². The second-order valence-corrected chi connectivity index (χ2v) is 7.20. The minimum absolute atomic E-state index is 0.0833. The van der Waals surface area contributed by atoms with Gasteiger partial charge in [-0.25, -0.2) is 0 Å². The number of thiophene rings is 1. The van der Waals surface area contributed by atoms with Crippen LogP contribution < -0.4 is 10.2 Å². The number of hydrogen-bond acceptors (Lipinski definition) is 3. The molecule has 3 rings (SSSR count). The van der Waals surface area contributed by atoms with E-state index in [1.807, 2.05) is 36.1 Å². The number of amides is 1. The Bertz CT molecular complexity index is 634. The zero-order chi connectivity index (χ0) is 14.1. The predicted molar refractivity (Wildman–Crippen MR) is 86.6 cm³/mol. The molecular weight excluding hydrogens is 336 g/mol. The van der Waals surface area contributed by atoms with Gasteiger partial charge in [0.15, 0.2) is 0 Å². The number of carbonyl (C=O) groups excluding carboxylic acids is 1. The molecular formula is C15H15BrN2OS. The Morgan fingerprint density at radius 2 is 2.20 bits per heavy atom. The fourth-order valence-electron chi connectivity index (χ4n) is 2.37. The fourth-order valence-corrected chi connectivity index (χ4v) is 3.85. The largest absolute Gasteiger partial charge is 0.311 e. The Kier molecular flexibility index (Phi) is 3.92. The van der Waals surface area contributed by atoms with Gasteiger partial charge in [-0.15, -0.1) is 11.3 Å². The Hall–Kier alpha value is -1.17. The van der Waals surface area contributed by atoms with Crippen LogP contribution in [0.25, 0.3) is 0 Å². The summed E-state index contributed by atoms with van der Waals surface area (Å²) in [5.41, 5.74) is 3.30. The Morgan fingerprint density at radius 3 is 2.95 bits per heavy atom. The van der Waals surface area contributed by atoms with Crippen LogP contribution in [0.3, 0.4) is 0 Å². The topological polar surface area (TPSA) is 32.3 Å². The number of halogens is 1. The van der Waals surface area contributed by atoms with Gasteiger partial charge in [-0.1, -0.05) is 18.2 Å². The van der Waals surface area contributed by atoms with Crippen LogP contribution in [0, 0.1) is 6.92 Å². The lowest BCUT2D eigenvalue weighted by atomic mass is 10.1. The summed E-state index contributed by atoms with van der Waals surface area (Å²) in [4.78, 5) is 15.4. The minimum atomic E-state index is 0.0833. The summed E-state index contributed by atoms with van der Waals surface area (Å²) in [5.74, 6) is 0.0833. The third-order valence-electron chi connectivity index (χ3n) is 3.42. The highest BCUT2D eigenvalue weighted by Crippen LogP contribution is 2.30. The van der Waals surface area contributed by atoms with Crippen LogP contribution in [0.15, 0.2) is 34.1 Å². The second-order valence-electron chi connectivity index (χ2n) is 4.83. The number of carbonyl (C=O) groups is 1. The van der Waals surface area contributed by atoms with Crippen LogP contribution in [-0.4, -0.2) is 19.0 Å². The summed E-state index contributed by atoms with van der Waals surface area (Å²) >= 11 is 4.99. The molecule has 1 aromatic heterocycles. The average Bonchev–Trinajstić information content (AvgIpc) is 2.68. The van der Waals surface area contributed by atoms with Gasteiger partial charge in [0.25, 0.3) is 5.91 Å². The molecule has 0 unspecified atom stereocenters. The number of rotatable bonds is 1. The van der Waals surface area contributed by atoms with E-state index >= 15 is 0 Å². The molecule has 20 heavy (non-hydrogen) atoms. The molecule has 1 aromatic carbocycles. The molecule has 3 nitrogen and oxygen atoms in total. The molecule has 0 bridgehead atoms. The maximum absolute atomic E-state index is 12.8. The normalized spacial score (nSPS) is 14.8. The van der Waals surface area contributed by atoms with Crippen molar-refractivity contribution < 1.29 is 4.79 Å². The quantitative estimate of drug-likeness (QED) is 0.852. The van der Waals surface area contributed by atoms with E-state index < -0.39 is 0 Å². The number of hydrogen-bond donors (Lipinski definition) is 1. The maximum Gasteiger partial charge on any atom is 0.268 e. The maximum atomic E-state index is 12.8. The summed E-state index contributed by atoms with van der Waals surface area (Å²) in [6, 6.07) is 10.1. The number of aryl methyl sites for hydroxylation is 1. The monoisotopic (exact) mass is 350 g/mol. The molecule has 104 valence electrons. The van der Waals surface area contributed by atoms with Crippen LogP contribution in [0.2, 0.25) is 0 Å². The lowest BCUT2D eigenvalue weighted by Crippen LogP contribution is -2.34. The molecule has 0 atom stereocenters. The van der Waals surface area contributed by atoms with Crippen LogP contribution >= 0.6 is 27.3 Å². The summed E-state index contributed by atoms with van der Waals surface area (Å²) in [7, 11) is 0. The SMILES string of the molecule is Cc1cc(C(=O)N2CCNCc3ccccc32)sc1Br. The Balaban J connectivity index is 1.99. The van der Waals surface area contributed by atoms with Crippen molar-refractivity contribution in [2.24, 2.45) is 0 Å². The third kappa shape index (κ3) is 2.53. The van der Waals surface area contributed by atoms with Gasteiger partial charge in [-0.05, 0) is 46.1 Å². The zero-order valence-corrected chi connectivity index (χ0v) is 13.6. The van der Waals surface area contributed by atoms with Gasteiger partial charge in [0.05, 0.1) is 8.66 Å². The van der Waals surface area contributed by atoms with Gasteiger partial charge in [-0.2, -0.15) is 0 Å². The first-order chi connectivity index (χ1) is 9.66. The van der Waals surface area contributed by atoms with E-state index in [0.29, 0.717) is 6.54 Å². The van der Waals surface area contributed by atoms with E-state index in [2.05, 4.69) is 27.3 Å². The highest BCUT2D eigenvalue weighted by atomic mass is 79.9. The smallest absolute Gasteiger partial charge is 0.268 e. The van der Waals surface area contributed by atoms with Gasteiger partial charge in [0.2, 0.25) is 0 Å². The lowest BCUT2D eigenvalue weighted by molar-refractivity contribution is 0.0991. The lowest BCUT2D eigenvalue weighted by Gasteiger charge is -2.21. The summed E-state index contributed by atoms with van der Waals surface area (Å²) < 4.78 is 1.03. The number of para-hydroxylation sites is 1. The summed E-state index contributed by atoms with van der Waals surface area (Å²) in [6.07, 6.45) is 0. The Labute approximate surface area is 130 Å². The Morgan fingerprint density at radius 1 is 1.40 bits per heavy atom. The standard InChI is InChI=1S/C15H15BrN2OS/c1-10-8-13(20-14(10)16)15(19)18-7-6-17-9-11-4-2-3-5-12(11)18/h2-5,8,17H,6-7,9H2,1H3. The van der Waals surface area contributed by atoms with E-state index in [0.717, 1.165) is 33.0 Å². The average molecular weight is 351 g/mol. The molecule has 1 aliphatic rings. The second kappa shape index (κ2) is 5.68. The zero-order valence-electron chi connectivity index (χ0n) is 11.1. The van der Waals surface area contributed by atoms with Gasteiger partial charge in [-0.3, -0.25) is 4.79 Å². The van der Waals surface area contributed by atoms with Crippen LogP contribution in [0.1, 0.15) is 20.8 Å². The first-order valence-corrected chi connectivity index (χ1v) is 8.14. The van der Waals surface area contributed by atoms with Crippen molar-refractivity contribution in [3.8, 4) is 0 Å². The number of nitrogens with zero attached hydrogens (tertiary/aromatic N) is 1.